The summed E-state index contributed by atoms with van der Waals surface area (Å²) >= 11 is 1.72. The topological polar surface area (TPSA) is 66.4 Å². The molecule has 4 nitrogen and oxygen atoms in total. The van der Waals surface area contributed by atoms with Gasteiger partial charge >= 0.3 is 0 Å². The van der Waals surface area contributed by atoms with Crippen molar-refractivity contribution in [2.75, 3.05) is 6.26 Å². The molecule has 1 aliphatic rings. The van der Waals surface area contributed by atoms with E-state index in [2.05, 4.69) is 4.72 Å². The lowest BCUT2D eigenvalue weighted by molar-refractivity contribution is 0.199. The first-order valence-corrected chi connectivity index (χ1v) is 9.54. The molecule has 0 aromatic heterocycles. The summed E-state index contributed by atoms with van der Waals surface area (Å²) in [7, 11) is -3.52. The fourth-order valence-corrected chi connectivity index (χ4v) is 4.94. The minimum atomic E-state index is -3.52. The standard InChI is InChI=1S/C14H21NO3S2/c1-10(16)11-5-3-6-12(9-11)20(17,18)15-13-7-4-8-14(13)19-2/h3,5-6,9-10,13-16H,4,7-8H2,1-2H3. The molecule has 0 aliphatic heterocycles. The molecule has 112 valence electrons. The van der Waals surface area contributed by atoms with E-state index >= 15 is 0 Å². The summed E-state index contributed by atoms with van der Waals surface area (Å²) in [5.41, 5.74) is 0.612. The Morgan fingerprint density at radius 1 is 1.40 bits per heavy atom. The summed E-state index contributed by atoms with van der Waals surface area (Å²) in [6.45, 7) is 1.62. The first-order chi connectivity index (χ1) is 9.44. The Bertz CT molecular complexity index is 557. The van der Waals surface area contributed by atoms with Gasteiger partial charge in [-0.2, -0.15) is 11.8 Å². The maximum atomic E-state index is 12.4. The predicted octanol–water partition coefficient (Wildman–Crippen LogP) is 2.30. The van der Waals surface area contributed by atoms with Gasteiger partial charge in [0.25, 0.3) is 0 Å². The lowest BCUT2D eigenvalue weighted by atomic mass is 10.1. The van der Waals surface area contributed by atoms with Gasteiger partial charge in [0.2, 0.25) is 10.0 Å². The second-order valence-corrected chi connectivity index (χ2v) is 7.97. The van der Waals surface area contributed by atoms with E-state index in [4.69, 9.17) is 0 Å². The van der Waals surface area contributed by atoms with Gasteiger partial charge in [0, 0.05) is 11.3 Å². The highest BCUT2D eigenvalue weighted by Crippen LogP contribution is 2.29. The average Bonchev–Trinajstić information content (AvgIpc) is 2.85. The lowest BCUT2D eigenvalue weighted by Gasteiger charge is -2.19. The second kappa shape index (κ2) is 6.47. The van der Waals surface area contributed by atoms with E-state index in [1.54, 1.807) is 36.9 Å². The summed E-state index contributed by atoms with van der Waals surface area (Å²) in [6, 6.07) is 6.50. The van der Waals surface area contributed by atoms with E-state index in [1.165, 1.54) is 6.07 Å². The molecule has 0 saturated heterocycles. The van der Waals surface area contributed by atoms with Gasteiger partial charge in [0.1, 0.15) is 0 Å². The Hall–Kier alpha value is -0.560. The number of benzene rings is 1. The zero-order chi connectivity index (χ0) is 14.8. The van der Waals surface area contributed by atoms with Crippen LogP contribution in [0.1, 0.15) is 37.9 Å². The van der Waals surface area contributed by atoms with Crippen molar-refractivity contribution >= 4 is 21.8 Å². The summed E-state index contributed by atoms with van der Waals surface area (Å²) < 4.78 is 27.7. The molecular weight excluding hydrogens is 294 g/mol. The average molecular weight is 315 g/mol. The fraction of sp³-hybridized carbons (Fsp3) is 0.571. The molecule has 1 aromatic rings. The third-order valence-electron chi connectivity index (χ3n) is 3.71. The van der Waals surface area contributed by atoms with Crippen molar-refractivity contribution in [3.63, 3.8) is 0 Å². The van der Waals surface area contributed by atoms with Crippen LogP contribution in [0.2, 0.25) is 0 Å². The Kier molecular flexibility index (Phi) is 5.12. The maximum absolute atomic E-state index is 12.4. The van der Waals surface area contributed by atoms with Crippen LogP contribution < -0.4 is 4.72 Å². The quantitative estimate of drug-likeness (QED) is 0.875. The molecule has 0 heterocycles. The lowest BCUT2D eigenvalue weighted by Crippen LogP contribution is -2.38. The summed E-state index contributed by atoms with van der Waals surface area (Å²) in [6.07, 6.45) is 4.36. The van der Waals surface area contributed by atoms with Crippen LogP contribution in [0.5, 0.6) is 0 Å². The molecule has 3 unspecified atom stereocenters. The minimum absolute atomic E-state index is 0.00482. The molecule has 20 heavy (non-hydrogen) atoms. The van der Waals surface area contributed by atoms with Crippen LogP contribution in [0, 0.1) is 0 Å². The predicted molar refractivity (Wildman–Crippen MR) is 82.3 cm³/mol. The van der Waals surface area contributed by atoms with Crippen LogP contribution in [0.15, 0.2) is 29.2 Å². The Morgan fingerprint density at radius 3 is 2.80 bits per heavy atom. The van der Waals surface area contributed by atoms with Gasteiger partial charge in [-0.15, -0.1) is 0 Å². The number of hydrogen-bond acceptors (Lipinski definition) is 4. The van der Waals surface area contributed by atoms with Gasteiger partial charge in [-0.05, 0) is 43.7 Å². The molecule has 0 spiro atoms. The largest absolute Gasteiger partial charge is 0.389 e. The number of nitrogens with one attached hydrogen (secondary N) is 1. The first kappa shape index (κ1) is 15.8. The van der Waals surface area contributed by atoms with Gasteiger partial charge in [0.15, 0.2) is 0 Å². The Balaban J connectivity index is 2.20. The van der Waals surface area contributed by atoms with Crippen LogP contribution in [0.25, 0.3) is 0 Å². The highest BCUT2D eigenvalue weighted by atomic mass is 32.2. The minimum Gasteiger partial charge on any atom is -0.389 e. The number of rotatable bonds is 5. The van der Waals surface area contributed by atoms with E-state index in [-0.39, 0.29) is 10.9 Å². The molecule has 0 bridgehead atoms. The van der Waals surface area contributed by atoms with Crippen molar-refractivity contribution in [2.45, 2.75) is 48.5 Å². The molecule has 1 saturated carbocycles. The zero-order valence-electron chi connectivity index (χ0n) is 11.7. The molecule has 0 amide bonds. The van der Waals surface area contributed by atoms with Gasteiger partial charge in [-0.1, -0.05) is 18.6 Å². The van der Waals surface area contributed by atoms with Crippen LogP contribution in [-0.4, -0.2) is 31.1 Å². The molecular formula is C14H21NO3S2. The van der Waals surface area contributed by atoms with E-state index < -0.39 is 16.1 Å². The van der Waals surface area contributed by atoms with Crippen molar-refractivity contribution < 1.29 is 13.5 Å². The van der Waals surface area contributed by atoms with Crippen LogP contribution in [0.3, 0.4) is 0 Å². The summed E-state index contributed by atoms with van der Waals surface area (Å²) in [5.74, 6) is 0. The second-order valence-electron chi connectivity index (χ2n) is 5.18. The van der Waals surface area contributed by atoms with E-state index in [0.29, 0.717) is 10.8 Å². The fourth-order valence-electron chi connectivity index (χ4n) is 2.55. The third-order valence-corrected chi connectivity index (χ3v) is 6.37. The van der Waals surface area contributed by atoms with Crippen LogP contribution in [0.4, 0.5) is 0 Å². The molecule has 2 N–H and O–H groups in total. The number of hydrogen-bond donors (Lipinski definition) is 2. The van der Waals surface area contributed by atoms with Crippen molar-refractivity contribution in [3.8, 4) is 0 Å². The maximum Gasteiger partial charge on any atom is 0.240 e. The van der Waals surface area contributed by atoms with Gasteiger partial charge < -0.3 is 5.11 Å². The number of aliphatic hydroxyl groups is 1. The molecule has 1 fully saturated rings. The van der Waals surface area contributed by atoms with E-state index in [9.17, 15) is 13.5 Å². The molecule has 3 atom stereocenters. The smallest absolute Gasteiger partial charge is 0.240 e. The molecule has 6 heteroatoms. The molecule has 1 aromatic carbocycles. The van der Waals surface area contributed by atoms with Crippen molar-refractivity contribution in [1.29, 1.82) is 0 Å². The number of aliphatic hydroxyl groups excluding tert-OH is 1. The normalized spacial score (nSPS) is 24.8. The van der Waals surface area contributed by atoms with Gasteiger partial charge in [-0.25, -0.2) is 13.1 Å². The highest BCUT2D eigenvalue weighted by Gasteiger charge is 2.30. The summed E-state index contributed by atoms with van der Waals surface area (Å²) in [4.78, 5) is 0.225. The van der Waals surface area contributed by atoms with E-state index in [0.717, 1.165) is 19.3 Å². The number of thioether (sulfide) groups is 1. The van der Waals surface area contributed by atoms with Gasteiger partial charge in [-0.3, -0.25) is 0 Å². The van der Waals surface area contributed by atoms with Crippen molar-refractivity contribution in [1.82, 2.24) is 4.72 Å². The Morgan fingerprint density at radius 2 is 2.15 bits per heavy atom. The molecule has 0 radical (unpaired) electrons. The van der Waals surface area contributed by atoms with Crippen LogP contribution >= 0.6 is 11.8 Å². The van der Waals surface area contributed by atoms with Crippen LogP contribution in [-0.2, 0) is 10.0 Å². The monoisotopic (exact) mass is 315 g/mol. The van der Waals surface area contributed by atoms with E-state index in [1.807, 2.05) is 6.26 Å². The molecule has 1 aliphatic carbocycles. The highest BCUT2D eigenvalue weighted by molar-refractivity contribution is 7.99. The SMILES string of the molecule is CSC1CCCC1NS(=O)(=O)c1cccc(C(C)O)c1. The number of sulfonamides is 1. The zero-order valence-corrected chi connectivity index (χ0v) is 13.4. The Labute approximate surface area is 125 Å². The molecule has 2 rings (SSSR count). The van der Waals surface area contributed by atoms with Crippen molar-refractivity contribution in [3.05, 3.63) is 29.8 Å². The first-order valence-electron chi connectivity index (χ1n) is 6.77. The third kappa shape index (κ3) is 3.55. The van der Waals surface area contributed by atoms with Gasteiger partial charge in [0.05, 0.1) is 11.0 Å². The van der Waals surface area contributed by atoms with Crippen molar-refractivity contribution in [2.24, 2.45) is 0 Å². The summed E-state index contributed by atoms with van der Waals surface area (Å²) in [5, 5.41) is 9.91.